The molecule has 0 amide bonds. The fourth-order valence-electron chi connectivity index (χ4n) is 2.17. The van der Waals surface area contributed by atoms with Crippen LogP contribution in [0.15, 0.2) is 18.3 Å². The third-order valence-corrected chi connectivity index (χ3v) is 3.77. The minimum atomic E-state index is -0.483. The molecule has 7 heteroatoms. The Hall–Kier alpha value is -2.08. The summed E-state index contributed by atoms with van der Waals surface area (Å²) < 4.78 is 17.2. The van der Waals surface area contributed by atoms with Crippen molar-refractivity contribution < 1.29 is 4.39 Å². The van der Waals surface area contributed by atoms with Gasteiger partial charge >= 0.3 is 0 Å². The zero-order valence-corrected chi connectivity index (χ0v) is 11.8. The first-order valence-corrected chi connectivity index (χ1v) is 6.43. The predicted octanol–water partition coefficient (Wildman–Crippen LogP) is 2.50. The van der Waals surface area contributed by atoms with Crippen LogP contribution in [-0.2, 0) is 13.6 Å². The summed E-state index contributed by atoms with van der Waals surface area (Å²) in [7, 11) is 1.87. The Kier molecular flexibility index (Phi) is 2.90. The van der Waals surface area contributed by atoms with Crippen molar-refractivity contribution in [2.24, 2.45) is 7.05 Å². The maximum Gasteiger partial charge on any atom is 0.201 e. The molecule has 0 fully saturated rings. The number of nitrogens with zero attached hydrogens (tertiary/aromatic N) is 4. The molecule has 2 N–H and O–H groups in total. The van der Waals surface area contributed by atoms with E-state index in [1.165, 1.54) is 12.1 Å². The molecule has 0 aliphatic rings. The first-order chi connectivity index (χ1) is 9.47. The summed E-state index contributed by atoms with van der Waals surface area (Å²) in [4.78, 5) is 4.21. The standard InChI is InChI=1S/C13H13ClFN5/c1-7-8(5-17-19(7)2)6-20-12-4-10(15)9(14)3-11(12)18-13(20)16/h3-5H,6H2,1-2H3,(H2,16,18). The van der Waals surface area contributed by atoms with Crippen LogP contribution in [0.1, 0.15) is 11.3 Å². The average molecular weight is 294 g/mol. The van der Waals surface area contributed by atoms with Gasteiger partial charge in [-0.3, -0.25) is 4.68 Å². The SMILES string of the molecule is Cc1c(Cn2c(N)nc3cc(Cl)c(F)cc32)cnn1C. The molecular weight excluding hydrogens is 281 g/mol. The van der Waals surface area contributed by atoms with Gasteiger partial charge in [-0.15, -0.1) is 0 Å². The minimum Gasteiger partial charge on any atom is -0.369 e. The van der Waals surface area contributed by atoms with Crippen LogP contribution in [0.2, 0.25) is 5.02 Å². The third kappa shape index (κ3) is 1.92. The molecule has 104 valence electrons. The molecule has 0 saturated heterocycles. The van der Waals surface area contributed by atoms with Gasteiger partial charge in [0.25, 0.3) is 0 Å². The predicted molar refractivity (Wildman–Crippen MR) is 76.2 cm³/mol. The van der Waals surface area contributed by atoms with Crippen LogP contribution in [0.4, 0.5) is 10.3 Å². The highest BCUT2D eigenvalue weighted by atomic mass is 35.5. The summed E-state index contributed by atoms with van der Waals surface area (Å²) >= 11 is 5.76. The Morgan fingerprint density at radius 2 is 2.15 bits per heavy atom. The molecular formula is C13H13ClFN5. The summed E-state index contributed by atoms with van der Waals surface area (Å²) in [5.41, 5.74) is 9.15. The van der Waals surface area contributed by atoms with Crippen LogP contribution in [0, 0.1) is 12.7 Å². The average Bonchev–Trinajstić information content (AvgIpc) is 2.86. The second-order valence-electron chi connectivity index (χ2n) is 4.69. The summed E-state index contributed by atoms with van der Waals surface area (Å²) in [6.45, 7) is 2.46. The van der Waals surface area contributed by atoms with E-state index in [1.807, 2.05) is 14.0 Å². The lowest BCUT2D eigenvalue weighted by atomic mass is 10.2. The number of nitrogen functional groups attached to an aromatic ring is 1. The number of imidazole rings is 1. The number of hydrogen-bond acceptors (Lipinski definition) is 3. The van der Waals surface area contributed by atoms with Gasteiger partial charge in [-0.05, 0) is 13.0 Å². The van der Waals surface area contributed by atoms with Crippen molar-refractivity contribution in [2.45, 2.75) is 13.5 Å². The van der Waals surface area contributed by atoms with Crippen LogP contribution in [0.25, 0.3) is 11.0 Å². The van der Waals surface area contributed by atoms with E-state index in [9.17, 15) is 4.39 Å². The molecule has 0 saturated carbocycles. The maximum atomic E-state index is 13.6. The lowest BCUT2D eigenvalue weighted by molar-refractivity contribution is 0.629. The van der Waals surface area contributed by atoms with Crippen molar-refractivity contribution in [1.82, 2.24) is 19.3 Å². The van der Waals surface area contributed by atoms with E-state index in [-0.39, 0.29) is 5.02 Å². The van der Waals surface area contributed by atoms with Crippen molar-refractivity contribution in [3.8, 4) is 0 Å². The number of rotatable bonds is 2. The highest BCUT2D eigenvalue weighted by molar-refractivity contribution is 6.31. The van der Waals surface area contributed by atoms with E-state index < -0.39 is 5.82 Å². The summed E-state index contributed by atoms with van der Waals surface area (Å²) in [6, 6.07) is 2.84. The molecule has 2 aromatic heterocycles. The molecule has 0 bridgehead atoms. The quantitative estimate of drug-likeness (QED) is 0.789. The van der Waals surface area contributed by atoms with Gasteiger partial charge in [0.2, 0.25) is 5.95 Å². The third-order valence-electron chi connectivity index (χ3n) is 3.49. The van der Waals surface area contributed by atoms with Gasteiger partial charge in [0.15, 0.2) is 0 Å². The van der Waals surface area contributed by atoms with Gasteiger partial charge in [-0.2, -0.15) is 5.10 Å². The fourth-order valence-corrected chi connectivity index (χ4v) is 2.33. The van der Waals surface area contributed by atoms with Gasteiger partial charge in [0.05, 0.1) is 28.8 Å². The normalized spacial score (nSPS) is 11.4. The smallest absolute Gasteiger partial charge is 0.201 e. The molecule has 2 heterocycles. The van der Waals surface area contributed by atoms with Gasteiger partial charge in [0, 0.05) is 24.4 Å². The topological polar surface area (TPSA) is 61.7 Å². The summed E-state index contributed by atoms with van der Waals surface area (Å²) in [6.07, 6.45) is 1.77. The number of benzene rings is 1. The second-order valence-corrected chi connectivity index (χ2v) is 5.10. The van der Waals surface area contributed by atoms with Crippen LogP contribution >= 0.6 is 11.6 Å². The van der Waals surface area contributed by atoms with E-state index >= 15 is 0 Å². The van der Waals surface area contributed by atoms with Crippen molar-refractivity contribution in [1.29, 1.82) is 0 Å². The molecule has 0 unspecified atom stereocenters. The molecule has 0 atom stereocenters. The second kappa shape index (κ2) is 4.49. The van der Waals surface area contributed by atoms with Crippen molar-refractivity contribution in [2.75, 3.05) is 5.73 Å². The number of nitrogens with two attached hydrogens (primary N) is 1. The van der Waals surface area contributed by atoms with Gasteiger partial charge < -0.3 is 10.3 Å². The lowest BCUT2D eigenvalue weighted by Crippen LogP contribution is -2.05. The zero-order valence-electron chi connectivity index (χ0n) is 11.1. The monoisotopic (exact) mass is 293 g/mol. The number of anilines is 1. The molecule has 0 aliphatic heterocycles. The Morgan fingerprint density at radius 3 is 2.80 bits per heavy atom. The van der Waals surface area contributed by atoms with Crippen LogP contribution < -0.4 is 5.73 Å². The molecule has 20 heavy (non-hydrogen) atoms. The Morgan fingerprint density at radius 1 is 1.40 bits per heavy atom. The first kappa shape index (κ1) is 12.9. The number of hydrogen-bond donors (Lipinski definition) is 1. The number of aromatic nitrogens is 4. The first-order valence-electron chi connectivity index (χ1n) is 6.05. The molecule has 0 radical (unpaired) electrons. The summed E-state index contributed by atoms with van der Waals surface area (Å²) in [5, 5.41) is 4.23. The molecule has 0 aliphatic carbocycles. The number of aryl methyl sites for hydroxylation is 1. The van der Waals surface area contributed by atoms with E-state index in [0.717, 1.165) is 11.3 Å². The molecule has 5 nitrogen and oxygen atoms in total. The van der Waals surface area contributed by atoms with Crippen molar-refractivity contribution in [3.63, 3.8) is 0 Å². The fraction of sp³-hybridized carbons (Fsp3) is 0.231. The molecule has 3 rings (SSSR count). The van der Waals surface area contributed by atoms with Gasteiger partial charge in [-0.25, -0.2) is 9.37 Å². The van der Waals surface area contributed by atoms with Crippen molar-refractivity contribution >= 4 is 28.6 Å². The molecule has 3 aromatic rings. The minimum absolute atomic E-state index is 0.0414. The van der Waals surface area contributed by atoms with Crippen molar-refractivity contribution in [3.05, 3.63) is 40.4 Å². The van der Waals surface area contributed by atoms with Crippen LogP contribution in [-0.4, -0.2) is 19.3 Å². The maximum absolute atomic E-state index is 13.6. The van der Waals surface area contributed by atoms with E-state index in [0.29, 0.717) is 23.5 Å². The summed E-state index contributed by atoms with van der Waals surface area (Å²) in [5.74, 6) is -0.159. The molecule has 1 aromatic carbocycles. The van der Waals surface area contributed by atoms with Crippen LogP contribution in [0.5, 0.6) is 0 Å². The Balaban J connectivity index is 2.13. The number of halogens is 2. The number of fused-ring (bicyclic) bond motifs is 1. The van der Waals surface area contributed by atoms with E-state index in [1.54, 1.807) is 15.4 Å². The highest BCUT2D eigenvalue weighted by Gasteiger charge is 2.14. The lowest BCUT2D eigenvalue weighted by Gasteiger charge is -2.06. The largest absolute Gasteiger partial charge is 0.369 e. The van der Waals surface area contributed by atoms with Gasteiger partial charge in [-0.1, -0.05) is 11.6 Å². The van der Waals surface area contributed by atoms with Crippen LogP contribution in [0.3, 0.4) is 0 Å². The molecule has 0 spiro atoms. The van der Waals surface area contributed by atoms with E-state index in [2.05, 4.69) is 10.1 Å². The Bertz CT molecular complexity index is 805. The van der Waals surface area contributed by atoms with Gasteiger partial charge in [0.1, 0.15) is 5.82 Å². The zero-order chi connectivity index (χ0) is 14.4. The highest BCUT2D eigenvalue weighted by Crippen LogP contribution is 2.25. The Labute approximate surface area is 119 Å². The van der Waals surface area contributed by atoms with E-state index in [4.69, 9.17) is 17.3 Å².